The minimum Gasteiger partial charge on any atom is -0.396 e. The third kappa shape index (κ3) is 3.82. The Labute approximate surface area is 148 Å². The molecule has 0 unspecified atom stereocenters. The van der Waals surface area contributed by atoms with Gasteiger partial charge in [-0.3, -0.25) is 9.69 Å². The van der Waals surface area contributed by atoms with E-state index in [0.717, 1.165) is 38.0 Å². The molecule has 0 atom stereocenters. The van der Waals surface area contributed by atoms with E-state index < -0.39 is 0 Å². The lowest BCUT2D eigenvalue weighted by Gasteiger charge is -2.30. The van der Waals surface area contributed by atoms with Crippen LogP contribution in [0.4, 0.5) is 0 Å². The highest BCUT2D eigenvalue weighted by atomic mass is 16.3. The molecule has 1 aliphatic rings. The van der Waals surface area contributed by atoms with Crippen LogP contribution < -0.4 is 0 Å². The van der Waals surface area contributed by atoms with Gasteiger partial charge in [0.2, 0.25) is 0 Å². The molecule has 0 radical (unpaired) electrons. The lowest BCUT2D eigenvalue weighted by molar-refractivity contribution is 0.0652. The molecule has 0 spiro atoms. The topological polar surface area (TPSA) is 74.0 Å². The van der Waals surface area contributed by atoms with Crippen molar-refractivity contribution in [3.63, 3.8) is 0 Å². The Bertz CT molecular complexity index is 717. The average Bonchev–Trinajstić information content (AvgIpc) is 3.08. The Kier molecular flexibility index (Phi) is 5.65. The first-order valence-electron chi connectivity index (χ1n) is 9.11. The molecule has 0 saturated carbocycles. The Morgan fingerprint density at radius 1 is 1.28 bits per heavy atom. The SMILES string of the molecule is CCN(CC)Cc1cnc2c(C(=O)N3CCC(CO)CC3)cnn2c1. The van der Waals surface area contributed by atoms with Gasteiger partial charge in [0.1, 0.15) is 5.56 Å². The number of hydrogen-bond acceptors (Lipinski definition) is 5. The van der Waals surface area contributed by atoms with Crippen molar-refractivity contribution in [2.75, 3.05) is 32.8 Å². The fourth-order valence-corrected chi connectivity index (χ4v) is 3.34. The predicted octanol–water partition coefficient (Wildman–Crippen LogP) is 1.42. The van der Waals surface area contributed by atoms with E-state index in [-0.39, 0.29) is 12.5 Å². The Hall–Kier alpha value is -1.99. The molecule has 3 heterocycles. The summed E-state index contributed by atoms with van der Waals surface area (Å²) in [5, 5.41) is 13.6. The summed E-state index contributed by atoms with van der Waals surface area (Å²) in [5.41, 5.74) is 2.25. The third-order valence-corrected chi connectivity index (χ3v) is 5.10. The first-order chi connectivity index (χ1) is 12.2. The quantitative estimate of drug-likeness (QED) is 0.857. The van der Waals surface area contributed by atoms with Crippen molar-refractivity contribution >= 4 is 11.6 Å². The maximum Gasteiger partial charge on any atom is 0.259 e. The Morgan fingerprint density at radius 3 is 2.64 bits per heavy atom. The van der Waals surface area contributed by atoms with E-state index in [2.05, 4.69) is 28.8 Å². The lowest BCUT2D eigenvalue weighted by Crippen LogP contribution is -2.39. The van der Waals surface area contributed by atoms with Gasteiger partial charge in [0.05, 0.1) is 6.20 Å². The highest BCUT2D eigenvalue weighted by molar-refractivity contribution is 5.99. The van der Waals surface area contributed by atoms with Crippen LogP contribution in [-0.4, -0.2) is 68.2 Å². The number of piperidine rings is 1. The van der Waals surface area contributed by atoms with Crippen LogP contribution >= 0.6 is 0 Å². The summed E-state index contributed by atoms with van der Waals surface area (Å²) in [6, 6.07) is 0. The molecule has 1 fully saturated rings. The second-order valence-electron chi connectivity index (χ2n) is 6.67. The number of fused-ring (bicyclic) bond motifs is 1. The molecular weight excluding hydrogens is 318 g/mol. The average molecular weight is 345 g/mol. The van der Waals surface area contributed by atoms with Crippen molar-refractivity contribution in [1.29, 1.82) is 0 Å². The first-order valence-corrected chi connectivity index (χ1v) is 9.11. The minimum absolute atomic E-state index is 0.0182. The molecule has 1 saturated heterocycles. The van der Waals surface area contributed by atoms with Crippen LogP contribution in [0.25, 0.3) is 5.65 Å². The van der Waals surface area contributed by atoms with Gasteiger partial charge >= 0.3 is 0 Å². The van der Waals surface area contributed by atoms with Gasteiger partial charge in [-0.1, -0.05) is 13.8 Å². The normalized spacial score (nSPS) is 16.1. The van der Waals surface area contributed by atoms with Crippen LogP contribution in [-0.2, 0) is 6.54 Å². The summed E-state index contributed by atoms with van der Waals surface area (Å²) < 4.78 is 1.70. The number of carbonyl (C=O) groups excluding carboxylic acids is 1. The largest absolute Gasteiger partial charge is 0.396 e. The molecule has 1 N–H and O–H groups in total. The number of nitrogens with zero attached hydrogens (tertiary/aromatic N) is 5. The molecule has 0 bridgehead atoms. The van der Waals surface area contributed by atoms with E-state index in [9.17, 15) is 9.90 Å². The number of amides is 1. The van der Waals surface area contributed by atoms with E-state index >= 15 is 0 Å². The molecule has 136 valence electrons. The third-order valence-electron chi connectivity index (χ3n) is 5.10. The van der Waals surface area contributed by atoms with Gasteiger partial charge in [-0.15, -0.1) is 0 Å². The molecule has 2 aromatic rings. The van der Waals surface area contributed by atoms with Crippen molar-refractivity contribution in [1.82, 2.24) is 24.4 Å². The number of aromatic nitrogens is 3. The van der Waals surface area contributed by atoms with Gasteiger partial charge in [0.25, 0.3) is 5.91 Å². The number of rotatable bonds is 6. The van der Waals surface area contributed by atoms with Crippen molar-refractivity contribution < 1.29 is 9.90 Å². The zero-order valence-corrected chi connectivity index (χ0v) is 15.1. The van der Waals surface area contributed by atoms with Gasteiger partial charge in [0.15, 0.2) is 5.65 Å². The van der Waals surface area contributed by atoms with Crippen molar-refractivity contribution in [2.24, 2.45) is 5.92 Å². The number of hydrogen-bond donors (Lipinski definition) is 1. The van der Waals surface area contributed by atoms with Crippen LogP contribution in [0.5, 0.6) is 0 Å². The summed E-state index contributed by atoms with van der Waals surface area (Å²) in [5.74, 6) is 0.295. The van der Waals surface area contributed by atoms with Crippen LogP contribution in [0.15, 0.2) is 18.6 Å². The number of aliphatic hydroxyl groups excluding tert-OH is 1. The second-order valence-corrected chi connectivity index (χ2v) is 6.67. The molecule has 0 aromatic carbocycles. The monoisotopic (exact) mass is 345 g/mol. The summed E-state index contributed by atoms with van der Waals surface area (Å²) >= 11 is 0. The maximum atomic E-state index is 12.8. The molecule has 1 aliphatic heterocycles. The summed E-state index contributed by atoms with van der Waals surface area (Å²) in [4.78, 5) is 21.4. The molecule has 3 rings (SSSR count). The summed E-state index contributed by atoms with van der Waals surface area (Å²) in [7, 11) is 0. The molecule has 7 nitrogen and oxygen atoms in total. The molecule has 0 aliphatic carbocycles. The van der Waals surface area contributed by atoms with Crippen LogP contribution in [0.2, 0.25) is 0 Å². The summed E-state index contributed by atoms with van der Waals surface area (Å²) in [6.45, 7) is 8.65. The summed E-state index contributed by atoms with van der Waals surface area (Å²) in [6.07, 6.45) is 7.11. The van der Waals surface area contributed by atoms with Gasteiger partial charge in [-0.2, -0.15) is 5.10 Å². The van der Waals surface area contributed by atoms with Crippen LogP contribution in [0, 0.1) is 5.92 Å². The molecule has 7 heteroatoms. The second kappa shape index (κ2) is 7.93. The van der Waals surface area contributed by atoms with Crippen LogP contribution in [0.1, 0.15) is 42.6 Å². The van der Waals surface area contributed by atoms with Gasteiger partial charge < -0.3 is 10.0 Å². The van der Waals surface area contributed by atoms with Crippen LogP contribution in [0.3, 0.4) is 0 Å². The zero-order valence-electron chi connectivity index (χ0n) is 15.1. The highest BCUT2D eigenvalue weighted by Gasteiger charge is 2.25. The molecule has 2 aromatic heterocycles. The smallest absolute Gasteiger partial charge is 0.259 e. The van der Waals surface area contributed by atoms with E-state index in [1.807, 2.05) is 17.3 Å². The fraction of sp³-hybridized carbons (Fsp3) is 0.611. The standard InChI is InChI=1S/C18H27N5O2/c1-3-21(4-2)11-15-9-19-17-16(10-20-23(17)12-15)18(25)22-7-5-14(13-24)6-8-22/h9-10,12,14,24H,3-8,11,13H2,1-2H3. The zero-order chi connectivity index (χ0) is 17.8. The fourth-order valence-electron chi connectivity index (χ4n) is 3.34. The van der Waals surface area contributed by atoms with E-state index in [0.29, 0.717) is 30.2 Å². The van der Waals surface area contributed by atoms with Gasteiger partial charge in [0, 0.05) is 44.2 Å². The van der Waals surface area contributed by atoms with E-state index in [1.165, 1.54) is 0 Å². The van der Waals surface area contributed by atoms with Gasteiger partial charge in [-0.25, -0.2) is 9.50 Å². The predicted molar refractivity (Wildman–Crippen MR) is 95.3 cm³/mol. The minimum atomic E-state index is -0.0182. The maximum absolute atomic E-state index is 12.8. The molecule has 1 amide bonds. The first kappa shape index (κ1) is 17.8. The van der Waals surface area contributed by atoms with E-state index in [1.54, 1.807) is 10.7 Å². The molecule has 25 heavy (non-hydrogen) atoms. The van der Waals surface area contributed by atoms with Crippen molar-refractivity contribution in [2.45, 2.75) is 33.2 Å². The Balaban J connectivity index is 1.75. The highest BCUT2D eigenvalue weighted by Crippen LogP contribution is 2.20. The van der Waals surface area contributed by atoms with Crippen molar-refractivity contribution in [3.05, 3.63) is 29.7 Å². The number of carbonyl (C=O) groups is 1. The van der Waals surface area contributed by atoms with E-state index in [4.69, 9.17) is 0 Å². The number of aliphatic hydroxyl groups is 1. The lowest BCUT2D eigenvalue weighted by atomic mass is 9.97. The van der Waals surface area contributed by atoms with Gasteiger partial charge in [-0.05, 0) is 31.8 Å². The Morgan fingerprint density at radius 2 is 2.00 bits per heavy atom. The number of likely N-dealkylation sites (tertiary alicyclic amines) is 1. The molecular formula is C18H27N5O2. The van der Waals surface area contributed by atoms with Crippen molar-refractivity contribution in [3.8, 4) is 0 Å².